The van der Waals surface area contributed by atoms with Crippen molar-refractivity contribution in [1.82, 2.24) is 10.2 Å². The van der Waals surface area contributed by atoms with Gasteiger partial charge in [0.05, 0.1) is 13.2 Å². The number of halogens is 1. The first-order valence-corrected chi connectivity index (χ1v) is 9.14. The Balaban J connectivity index is 1.34. The normalized spacial score (nSPS) is 25.3. The van der Waals surface area contributed by atoms with E-state index in [9.17, 15) is 0 Å². The van der Waals surface area contributed by atoms with Crippen molar-refractivity contribution in [3.8, 4) is 0 Å². The molecule has 2 unspecified atom stereocenters. The quantitative estimate of drug-likeness (QED) is 0.449. The molecule has 1 saturated heterocycles. The maximum absolute atomic E-state index is 6.00. The molecule has 1 heterocycles. The summed E-state index contributed by atoms with van der Waals surface area (Å²) in [5.41, 5.74) is 7.36. The van der Waals surface area contributed by atoms with Gasteiger partial charge in [-0.1, -0.05) is 28.1 Å². The molecular weight excluding hydrogens is 356 g/mol. The lowest BCUT2D eigenvalue weighted by molar-refractivity contribution is 0.0377. The zero-order valence-corrected chi connectivity index (χ0v) is 15.0. The van der Waals surface area contributed by atoms with Gasteiger partial charge in [-0.3, -0.25) is 9.89 Å². The number of aliphatic imine (C=N–C) groups is 1. The van der Waals surface area contributed by atoms with Gasteiger partial charge in [0.15, 0.2) is 5.96 Å². The topological polar surface area (TPSA) is 62.9 Å². The van der Waals surface area contributed by atoms with E-state index in [0.717, 1.165) is 56.7 Å². The highest BCUT2D eigenvalue weighted by Gasteiger charge is 2.38. The molecule has 2 atom stereocenters. The Labute approximate surface area is 146 Å². The lowest BCUT2D eigenvalue weighted by Crippen LogP contribution is -2.37. The van der Waals surface area contributed by atoms with E-state index in [1.165, 1.54) is 5.56 Å². The van der Waals surface area contributed by atoms with E-state index in [1.54, 1.807) is 0 Å². The minimum atomic E-state index is 0.430. The average molecular weight is 381 g/mol. The van der Waals surface area contributed by atoms with Crippen LogP contribution in [-0.2, 0) is 4.74 Å². The van der Waals surface area contributed by atoms with Crippen LogP contribution in [-0.4, -0.2) is 56.3 Å². The molecule has 0 radical (unpaired) electrons. The molecule has 1 aliphatic heterocycles. The monoisotopic (exact) mass is 380 g/mol. The molecule has 2 fully saturated rings. The molecule has 3 N–H and O–H groups in total. The molecule has 0 spiro atoms. The molecular formula is C17H25BrN4O. The molecule has 5 nitrogen and oxygen atoms in total. The Hall–Kier alpha value is -1.11. The molecule has 1 saturated carbocycles. The van der Waals surface area contributed by atoms with Crippen LogP contribution in [0.2, 0.25) is 0 Å². The van der Waals surface area contributed by atoms with Gasteiger partial charge in [0.2, 0.25) is 0 Å². The van der Waals surface area contributed by atoms with E-state index in [4.69, 9.17) is 10.5 Å². The number of rotatable bonds is 6. The fourth-order valence-electron chi connectivity index (χ4n) is 2.99. The van der Waals surface area contributed by atoms with Gasteiger partial charge in [0.25, 0.3) is 0 Å². The number of benzene rings is 1. The second-order valence-corrected chi connectivity index (χ2v) is 7.13. The van der Waals surface area contributed by atoms with Crippen LogP contribution in [0.25, 0.3) is 0 Å². The second kappa shape index (κ2) is 8.13. The number of guanidine groups is 1. The summed E-state index contributed by atoms with van der Waals surface area (Å²) in [6.45, 7) is 5.64. The number of nitrogens with one attached hydrogen (secondary N) is 1. The summed E-state index contributed by atoms with van der Waals surface area (Å²) in [6, 6.07) is 8.96. The van der Waals surface area contributed by atoms with E-state index in [-0.39, 0.29) is 0 Å². The van der Waals surface area contributed by atoms with E-state index in [1.807, 2.05) is 0 Å². The van der Waals surface area contributed by atoms with Crippen molar-refractivity contribution in [2.75, 3.05) is 39.4 Å². The van der Waals surface area contributed by atoms with E-state index >= 15 is 0 Å². The van der Waals surface area contributed by atoms with Crippen LogP contribution in [0.15, 0.2) is 33.7 Å². The molecule has 0 aromatic heterocycles. The zero-order chi connectivity index (χ0) is 16.1. The molecule has 0 bridgehead atoms. The molecule has 6 heteroatoms. The predicted octanol–water partition coefficient (Wildman–Crippen LogP) is 1.93. The molecule has 3 rings (SSSR count). The molecule has 126 valence electrons. The zero-order valence-electron chi connectivity index (χ0n) is 13.4. The lowest BCUT2D eigenvalue weighted by atomic mass is 10.1. The molecule has 1 aromatic carbocycles. The third-order valence-corrected chi connectivity index (χ3v) is 4.97. The number of nitrogens with zero attached hydrogens (tertiary/aromatic N) is 2. The predicted molar refractivity (Wildman–Crippen MR) is 96.8 cm³/mol. The van der Waals surface area contributed by atoms with Crippen molar-refractivity contribution in [2.45, 2.75) is 24.8 Å². The standard InChI is InChI=1S/C17H25BrN4O/c18-14-4-2-13(3-5-14)15-12-16(15)21-17(19)20-6-1-7-22-8-10-23-11-9-22/h2-5,15-16H,1,6-12H2,(H3,19,20,21). The van der Waals surface area contributed by atoms with Crippen LogP contribution >= 0.6 is 15.9 Å². The fraction of sp³-hybridized carbons (Fsp3) is 0.588. The lowest BCUT2D eigenvalue weighted by Gasteiger charge is -2.26. The summed E-state index contributed by atoms with van der Waals surface area (Å²) in [6.07, 6.45) is 2.18. The van der Waals surface area contributed by atoms with Gasteiger partial charge in [-0.2, -0.15) is 0 Å². The average Bonchev–Trinajstić information content (AvgIpc) is 3.32. The summed E-state index contributed by atoms with van der Waals surface area (Å²) in [7, 11) is 0. The largest absolute Gasteiger partial charge is 0.379 e. The third-order valence-electron chi connectivity index (χ3n) is 4.44. The maximum atomic E-state index is 6.00. The summed E-state index contributed by atoms with van der Waals surface area (Å²) in [5.74, 6) is 1.14. The highest BCUT2D eigenvalue weighted by Crippen LogP contribution is 2.40. The second-order valence-electron chi connectivity index (χ2n) is 6.22. The maximum Gasteiger partial charge on any atom is 0.188 e. The summed E-state index contributed by atoms with van der Waals surface area (Å²) in [5, 5.41) is 3.34. The Morgan fingerprint density at radius 1 is 1.30 bits per heavy atom. The van der Waals surface area contributed by atoms with Crippen molar-refractivity contribution in [3.05, 3.63) is 34.3 Å². The van der Waals surface area contributed by atoms with Gasteiger partial charge in [-0.05, 0) is 30.5 Å². The van der Waals surface area contributed by atoms with Crippen molar-refractivity contribution >= 4 is 21.9 Å². The van der Waals surface area contributed by atoms with Gasteiger partial charge in [0, 0.05) is 42.6 Å². The Morgan fingerprint density at radius 3 is 2.78 bits per heavy atom. The van der Waals surface area contributed by atoms with Crippen molar-refractivity contribution in [2.24, 2.45) is 10.7 Å². The first-order valence-electron chi connectivity index (χ1n) is 8.34. The molecule has 0 amide bonds. The van der Waals surface area contributed by atoms with Crippen LogP contribution < -0.4 is 11.1 Å². The fourth-order valence-corrected chi connectivity index (χ4v) is 3.25. The van der Waals surface area contributed by atoms with Gasteiger partial charge in [-0.15, -0.1) is 0 Å². The summed E-state index contributed by atoms with van der Waals surface area (Å²) < 4.78 is 6.46. The van der Waals surface area contributed by atoms with Gasteiger partial charge < -0.3 is 15.8 Å². The van der Waals surface area contributed by atoms with Gasteiger partial charge in [-0.25, -0.2) is 0 Å². The highest BCUT2D eigenvalue weighted by molar-refractivity contribution is 9.10. The van der Waals surface area contributed by atoms with Gasteiger partial charge in [0.1, 0.15) is 0 Å². The molecule has 1 aliphatic carbocycles. The minimum Gasteiger partial charge on any atom is -0.379 e. The molecule has 2 aliphatic rings. The van der Waals surface area contributed by atoms with Crippen LogP contribution in [0.4, 0.5) is 0 Å². The summed E-state index contributed by atoms with van der Waals surface area (Å²) in [4.78, 5) is 6.87. The Kier molecular flexibility index (Phi) is 5.91. The SMILES string of the molecule is NC(=NCCCN1CCOCC1)NC1CC1c1ccc(Br)cc1. The number of ether oxygens (including phenoxy) is 1. The highest BCUT2D eigenvalue weighted by atomic mass is 79.9. The number of morpholine rings is 1. The van der Waals surface area contributed by atoms with Crippen LogP contribution in [0.1, 0.15) is 24.3 Å². The van der Waals surface area contributed by atoms with E-state index in [2.05, 4.69) is 55.4 Å². The molecule has 1 aromatic rings. The smallest absolute Gasteiger partial charge is 0.188 e. The first-order chi connectivity index (χ1) is 11.2. The number of hydrogen-bond donors (Lipinski definition) is 2. The summed E-state index contributed by atoms with van der Waals surface area (Å²) >= 11 is 3.47. The number of nitrogens with two attached hydrogens (primary N) is 1. The van der Waals surface area contributed by atoms with Crippen LogP contribution in [0.5, 0.6) is 0 Å². The Morgan fingerprint density at radius 2 is 2.04 bits per heavy atom. The van der Waals surface area contributed by atoms with E-state index in [0.29, 0.717) is 17.9 Å². The molecule has 23 heavy (non-hydrogen) atoms. The number of hydrogen-bond acceptors (Lipinski definition) is 3. The van der Waals surface area contributed by atoms with Crippen molar-refractivity contribution in [3.63, 3.8) is 0 Å². The Bertz CT molecular complexity index is 528. The van der Waals surface area contributed by atoms with Gasteiger partial charge >= 0.3 is 0 Å². The third kappa shape index (κ3) is 5.19. The minimum absolute atomic E-state index is 0.430. The van der Waals surface area contributed by atoms with E-state index < -0.39 is 0 Å². The van der Waals surface area contributed by atoms with Crippen molar-refractivity contribution in [1.29, 1.82) is 0 Å². The van der Waals surface area contributed by atoms with Crippen LogP contribution in [0.3, 0.4) is 0 Å². The van der Waals surface area contributed by atoms with Crippen molar-refractivity contribution < 1.29 is 4.74 Å². The first kappa shape index (κ1) is 16.7. The van der Waals surface area contributed by atoms with Crippen LogP contribution in [0, 0.1) is 0 Å².